The van der Waals surface area contributed by atoms with Gasteiger partial charge in [0.1, 0.15) is 0 Å². The van der Waals surface area contributed by atoms with Gasteiger partial charge in [0.2, 0.25) is 10.0 Å². The molecule has 0 aromatic heterocycles. The maximum Gasteiger partial charge on any atom is 0.343 e. The Kier molecular flexibility index (Phi) is 5.66. The number of aryl methyl sites for hydroxylation is 1. The third kappa shape index (κ3) is 5.20. The number of carbonyl (C=O) groups excluding carboxylic acids is 2. The highest BCUT2D eigenvalue weighted by Crippen LogP contribution is 2.20. The van der Waals surface area contributed by atoms with Crippen LogP contribution in [0.1, 0.15) is 5.56 Å². The van der Waals surface area contributed by atoms with Crippen LogP contribution >= 0.6 is 11.6 Å². The Balaban J connectivity index is 2.15. The summed E-state index contributed by atoms with van der Waals surface area (Å²) >= 11 is 5.76. The first-order valence-corrected chi connectivity index (χ1v) is 9.34. The molecule has 0 atom stereocenters. The van der Waals surface area contributed by atoms with Crippen molar-refractivity contribution in [2.24, 2.45) is 0 Å². The predicted octanol–water partition coefficient (Wildman–Crippen LogP) is 3.36. The van der Waals surface area contributed by atoms with E-state index in [9.17, 15) is 18.0 Å². The van der Waals surface area contributed by atoms with Crippen molar-refractivity contribution >= 4 is 45.1 Å². The lowest BCUT2D eigenvalue weighted by Gasteiger charge is -2.20. The molecule has 2 aromatic rings. The minimum absolute atomic E-state index is 0.0625. The first-order valence-electron chi connectivity index (χ1n) is 7.11. The summed E-state index contributed by atoms with van der Waals surface area (Å²) in [4.78, 5) is 24.2. The quantitative estimate of drug-likeness (QED) is 0.852. The highest BCUT2D eigenvalue weighted by molar-refractivity contribution is 7.92. The van der Waals surface area contributed by atoms with Crippen molar-refractivity contribution in [2.45, 2.75) is 6.92 Å². The number of benzene rings is 2. The average Bonchev–Trinajstić information content (AvgIpc) is 2.50. The fraction of sp³-hybridized carbons (Fsp3) is 0.125. The van der Waals surface area contributed by atoms with E-state index in [2.05, 4.69) is 5.32 Å². The molecule has 0 spiro atoms. The van der Waals surface area contributed by atoms with Crippen molar-refractivity contribution in [3.05, 3.63) is 59.1 Å². The zero-order valence-corrected chi connectivity index (χ0v) is 15.1. The summed E-state index contributed by atoms with van der Waals surface area (Å²) in [6, 6.07) is 10.5. The number of imide groups is 1. The number of nitrogens with one attached hydrogen (secondary N) is 2. The monoisotopic (exact) mass is 381 g/mol. The molecule has 7 nitrogen and oxygen atoms in total. The first kappa shape index (κ1) is 18.8. The van der Waals surface area contributed by atoms with Gasteiger partial charge in [0, 0.05) is 10.7 Å². The molecule has 25 heavy (non-hydrogen) atoms. The van der Waals surface area contributed by atoms with E-state index in [-0.39, 0.29) is 5.69 Å². The van der Waals surface area contributed by atoms with Crippen molar-refractivity contribution in [3.63, 3.8) is 0 Å². The molecule has 0 fully saturated rings. The minimum atomic E-state index is -3.96. The molecule has 2 rings (SSSR count). The van der Waals surface area contributed by atoms with Crippen LogP contribution < -0.4 is 14.9 Å². The normalized spacial score (nSPS) is 10.8. The Labute approximate surface area is 150 Å². The molecule has 0 unspecified atom stereocenters. The summed E-state index contributed by atoms with van der Waals surface area (Å²) in [5, 5.41) is 4.83. The van der Waals surface area contributed by atoms with Crippen molar-refractivity contribution < 1.29 is 18.0 Å². The molecular formula is C16H16ClN3O4S. The molecule has 0 heterocycles. The van der Waals surface area contributed by atoms with E-state index < -0.39 is 22.1 Å². The summed E-state index contributed by atoms with van der Waals surface area (Å²) in [5.74, 6) is 0. The summed E-state index contributed by atoms with van der Waals surface area (Å²) in [6.45, 7) is 1.89. The molecule has 0 aliphatic rings. The molecule has 0 saturated carbocycles. The van der Waals surface area contributed by atoms with Gasteiger partial charge in [-0.15, -0.1) is 0 Å². The summed E-state index contributed by atoms with van der Waals surface area (Å²) in [6.07, 6.45) is 0.860. The van der Waals surface area contributed by atoms with Gasteiger partial charge in [-0.3, -0.25) is 5.32 Å². The Hall–Kier alpha value is -2.58. The molecule has 2 N–H and O–H groups in total. The zero-order chi connectivity index (χ0) is 18.6. The molecule has 2 aromatic carbocycles. The Morgan fingerprint density at radius 3 is 2.08 bits per heavy atom. The van der Waals surface area contributed by atoms with Crippen LogP contribution in [0.4, 0.5) is 21.0 Å². The van der Waals surface area contributed by atoms with Crippen LogP contribution in [0, 0.1) is 6.92 Å². The summed E-state index contributed by atoms with van der Waals surface area (Å²) < 4.78 is 24.4. The predicted molar refractivity (Wildman–Crippen MR) is 97.5 cm³/mol. The first-order chi connectivity index (χ1) is 11.7. The minimum Gasteiger partial charge on any atom is -0.308 e. The van der Waals surface area contributed by atoms with Gasteiger partial charge in [0.25, 0.3) is 0 Å². The second-order valence-electron chi connectivity index (χ2n) is 5.25. The number of nitrogens with zero attached hydrogens (tertiary/aromatic N) is 1. The van der Waals surface area contributed by atoms with Gasteiger partial charge in [0.05, 0.1) is 11.9 Å². The zero-order valence-electron chi connectivity index (χ0n) is 13.5. The standard InChI is InChI=1S/C16H16ClN3O4S/c1-11-3-7-13(8-4-11)18-15(21)19-16(22)20(25(2,23)24)14-9-5-12(17)6-10-14/h3-10H,1-2H3,(H2,18,19,21,22). The van der Waals surface area contributed by atoms with Gasteiger partial charge >= 0.3 is 12.1 Å². The van der Waals surface area contributed by atoms with E-state index in [0.717, 1.165) is 11.8 Å². The number of amides is 4. The highest BCUT2D eigenvalue weighted by atomic mass is 35.5. The molecule has 0 aliphatic heterocycles. The molecule has 4 amide bonds. The molecule has 0 aliphatic carbocycles. The second kappa shape index (κ2) is 7.54. The van der Waals surface area contributed by atoms with E-state index >= 15 is 0 Å². The molecule has 0 bridgehead atoms. The third-order valence-electron chi connectivity index (χ3n) is 3.11. The number of carbonyl (C=O) groups is 2. The van der Waals surface area contributed by atoms with Gasteiger partial charge in [-0.2, -0.15) is 4.31 Å². The van der Waals surface area contributed by atoms with Crippen LogP contribution in [0.15, 0.2) is 48.5 Å². The van der Waals surface area contributed by atoms with Crippen molar-refractivity contribution in [2.75, 3.05) is 15.9 Å². The highest BCUT2D eigenvalue weighted by Gasteiger charge is 2.26. The molecule has 132 valence electrons. The smallest absolute Gasteiger partial charge is 0.308 e. The lowest BCUT2D eigenvalue weighted by molar-refractivity contribution is 0.238. The van der Waals surface area contributed by atoms with Gasteiger partial charge in [0.15, 0.2) is 0 Å². The van der Waals surface area contributed by atoms with Crippen molar-refractivity contribution in [3.8, 4) is 0 Å². The van der Waals surface area contributed by atoms with Gasteiger partial charge in [-0.1, -0.05) is 29.3 Å². The number of hydrogen-bond donors (Lipinski definition) is 2. The lowest BCUT2D eigenvalue weighted by atomic mass is 10.2. The topological polar surface area (TPSA) is 95.6 Å². The summed E-state index contributed by atoms with van der Waals surface area (Å²) in [7, 11) is -3.96. The van der Waals surface area contributed by atoms with E-state index in [4.69, 9.17) is 11.6 Å². The maximum absolute atomic E-state index is 12.3. The SMILES string of the molecule is Cc1ccc(NC(=O)NC(=O)N(c2ccc(Cl)cc2)S(C)(=O)=O)cc1. The van der Waals surface area contributed by atoms with Gasteiger partial charge in [-0.05, 0) is 43.3 Å². The Bertz CT molecular complexity index is 881. The second-order valence-corrected chi connectivity index (χ2v) is 7.52. The number of anilines is 2. The van der Waals surface area contributed by atoms with Crippen LogP contribution in [0.2, 0.25) is 5.02 Å². The largest absolute Gasteiger partial charge is 0.343 e. The van der Waals surface area contributed by atoms with Crippen LogP contribution in [0.3, 0.4) is 0 Å². The van der Waals surface area contributed by atoms with E-state index in [1.807, 2.05) is 12.2 Å². The fourth-order valence-electron chi connectivity index (χ4n) is 1.98. The van der Waals surface area contributed by atoms with Gasteiger partial charge < -0.3 is 5.32 Å². The summed E-state index contributed by atoms with van der Waals surface area (Å²) in [5.41, 5.74) is 1.54. The molecule has 9 heteroatoms. The fourth-order valence-corrected chi connectivity index (χ4v) is 2.96. The van der Waals surface area contributed by atoms with Crippen LogP contribution in [-0.2, 0) is 10.0 Å². The van der Waals surface area contributed by atoms with Crippen LogP contribution in [0.5, 0.6) is 0 Å². The van der Waals surface area contributed by atoms with Crippen molar-refractivity contribution in [1.82, 2.24) is 5.32 Å². The molecular weight excluding hydrogens is 366 g/mol. The van der Waals surface area contributed by atoms with E-state index in [1.54, 1.807) is 24.3 Å². The number of sulfonamides is 1. The lowest BCUT2D eigenvalue weighted by Crippen LogP contribution is -2.47. The molecule has 0 radical (unpaired) electrons. The van der Waals surface area contributed by atoms with E-state index in [0.29, 0.717) is 15.0 Å². The number of urea groups is 2. The van der Waals surface area contributed by atoms with Crippen LogP contribution in [0.25, 0.3) is 0 Å². The van der Waals surface area contributed by atoms with Crippen LogP contribution in [-0.4, -0.2) is 26.7 Å². The number of rotatable bonds is 3. The average molecular weight is 382 g/mol. The van der Waals surface area contributed by atoms with Crippen molar-refractivity contribution in [1.29, 1.82) is 0 Å². The Morgan fingerprint density at radius 1 is 1.00 bits per heavy atom. The number of halogens is 1. The Morgan fingerprint density at radius 2 is 1.56 bits per heavy atom. The number of hydrogen-bond acceptors (Lipinski definition) is 4. The van der Waals surface area contributed by atoms with E-state index in [1.165, 1.54) is 24.3 Å². The maximum atomic E-state index is 12.3. The van der Waals surface area contributed by atoms with Gasteiger partial charge in [-0.25, -0.2) is 18.0 Å². The molecule has 0 saturated heterocycles. The third-order valence-corrected chi connectivity index (χ3v) is 4.40.